The van der Waals surface area contributed by atoms with Gasteiger partial charge in [0.05, 0.1) is 6.54 Å². The second kappa shape index (κ2) is 21.0. The van der Waals surface area contributed by atoms with Crippen molar-refractivity contribution >= 4 is 11.9 Å². The molecule has 1 amide bonds. The van der Waals surface area contributed by atoms with Gasteiger partial charge < -0.3 is 10.1 Å². The lowest BCUT2D eigenvalue weighted by Crippen LogP contribution is -2.27. The van der Waals surface area contributed by atoms with Crippen LogP contribution in [0.25, 0.3) is 0 Å². The minimum Gasteiger partial charge on any atom is -0.461 e. The van der Waals surface area contributed by atoms with E-state index < -0.39 is 5.97 Å². The Morgan fingerprint density at radius 1 is 0.778 bits per heavy atom. The standard InChI is InChI=1S/C23H43NO3/c1-3-5-6-7-8-9-10-11-12-13-14-15-16-17-18-19-22(25)24-20-21-27-23(26)4-2/h4H,2-3,5-21H2,1H3,(H,24,25). The van der Waals surface area contributed by atoms with E-state index in [4.69, 9.17) is 4.74 Å². The van der Waals surface area contributed by atoms with Crippen molar-refractivity contribution in [2.24, 2.45) is 0 Å². The van der Waals surface area contributed by atoms with Gasteiger partial charge in [-0.15, -0.1) is 0 Å². The molecular formula is C23H43NO3. The molecule has 0 saturated heterocycles. The zero-order chi connectivity index (χ0) is 20.0. The van der Waals surface area contributed by atoms with Gasteiger partial charge in [-0.05, 0) is 6.42 Å². The minimum absolute atomic E-state index is 0.0411. The fourth-order valence-corrected chi connectivity index (χ4v) is 3.15. The number of esters is 1. The SMILES string of the molecule is C=CC(=O)OCCNC(=O)CCCCCCCCCCCCCCCCC. The lowest BCUT2D eigenvalue weighted by atomic mass is 10.0. The summed E-state index contributed by atoms with van der Waals surface area (Å²) >= 11 is 0. The number of hydrogen-bond acceptors (Lipinski definition) is 3. The van der Waals surface area contributed by atoms with Gasteiger partial charge in [0.1, 0.15) is 6.61 Å². The fourth-order valence-electron chi connectivity index (χ4n) is 3.15. The number of nitrogens with one attached hydrogen (secondary N) is 1. The highest BCUT2D eigenvalue weighted by molar-refractivity contribution is 5.81. The van der Waals surface area contributed by atoms with Crippen LogP contribution in [-0.2, 0) is 14.3 Å². The van der Waals surface area contributed by atoms with E-state index in [-0.39, 0.29) is 12.5 Å². The van der Waals surface area contributed by atoms with E-state index in [2.05, 4.69) is 18.8 Å². The van der Waals surface area contributed by atoms with Gasteiger partial charge in [-0.1, -0.05) is 103 Å². The number of amides is 1. The van der Waals surface area contributed by atoms with E-state index in [0.717, 1.165) is 18.9 Å². The van der Waals surface area contributed by atoms with E-state index in [1.807, 2.05) is 0 Å². The van der Waals surface area contributed by atoms with Crippen molar-refractivity contribution in [3.05, 3.63) is 12.7 Å². The van der Waals surface area contributed by atoms with E-state index in [1.165, 1.54) is 83.5 Å². The maximum Gasteiger partial charge on any atom is 0.330 e. The highest BCUT2D eigenvalue weighted by Crippen LogP contribution is 2.13. The Hall–Kier alpha value is -1.32. The van der Waals surface area contributed by atoms with Crippen molar-refractivity contribution in [3.8, 4) is 0 Å². The summed E-state index contributed by atoms with van der Waals surface area (Å²) in [5.41, 5.74) is 0. The lowest BCUT2D eigenvalue weighted by Gasteiger charge is -2.06. The van der Waals surface area contributed by atoms with E-state index >= 15 is 0 Å². The van der Waals surface area contributed by atoms with Gasteiger partial charge in [-0.25, -0.2) is 4.79 Å². The first-order valence-electron chi connectivity index (χ1n) is 11.3. The highest BCUT2D eigenvalue weighted by atomic mass is 16.5. The number of hydrogen-bond donors (Lipinski definition) is 1. The Morgan fingerprint density at radius 2 is 1.22 bits per heavy atom. The lowest BCUT2D eigenvalue weighted by molar-refractivity contribution is -0.138. The maximum atomic E-state index is 11.6. The second-order valence-corrected chi connectivity index (χ2v) is 7.42. The summed E-state index contributed by atoms with van der Waals surface area (Å²) in [4.78, 5) is 22.5. The van der Waals surface area contributed by atoms with E-state index in [0.29, 0.717) is 13.0 Å². The molecule has 0 spiro atoms. The van der Waals surface area contributed by atoms with Crippen LogP contribution in [0.5, 0.6) is 0 Å². The molecular weight excluding hydrogens is 338 g/mol. The van der Waals surface area contributed by atoms with Gasteiger partial charge in [0, 0.05) is 12.5 Å². The Morgan fingerprint density at radius 3 is 1.67 bits per heavy atom. The molecule has 0 aliphatic rings. The molecule has 0 aliphatic heterocycles. The van der Waals surface area contributed by atoms with Crippen LogP contribution in [0, 0.1) is 0 Å². The molecule has 4 heteroatoms. The van der Waals surface area contributed by atoms with Gasteiger partial charge in [0.25, 0.3) is 0 Å². The smallest absolute Gasteiger partial charge is 0.330 e. The van der Waals surface area contributed by atoms with Crippen molar-refractivity contribution in [2.75, 3.05) is 13.2 Å². The van der Waals surface area contributed by atoms with Crippen molar-refractivity contribution in [2.45, 2.75) is 110 Å². The molecule has 0 aromatic rings. The molecule has 0 atom stereocenters. The summed E-state index contributed by atoms with van der Waals surface area (Å²) in [6.07, 6.45) is 21.6. The molecule has 0 aromatic heterocycles. The Labute approximate surface area is 167 Å². The molecule has 0 rings (SSSR count). The zero-order valence-corrected chi connectivity index (χ0v) is 17.7. The first-order chi connectivity index (χ1) is 13.2. The zero-order valence-electron chi connectivity index (χ0n) is 17.7. The average Bonchev–Trinajstić information content (AvgIpc) is 2.68. The van der Waals surface area contributed by atoms with Gasteiger partial charge in [-0.2, -0.15) is 0 Å². The molecule has 1 N–H and O–H groups in total. The largest absolute Gasteiger partial charge is 0.461 e. The Bertz CT molecular complexity index is 369. The second-order valence-electron chi connectivity index (χ2n) is 7.42. The molecule has 0 fully saturated rings. The van der Waals surface area contributed by atoms with Crippen LogP contribution in [-0.4, -0.2) is 25.0 Å². The summed E-state index contributed by atoms with van der Waals surface area (Å²) in [5.74, 6) is -0.411. The van der Waals surface area contributed by atoms with Crippen LogP contribution < -0.4 is 5.32 Å². The monoisotopic (exact) mass is 381 g/mol. The first kappa shape index (κ1) is 25.7. The summed E-state index contributed by atoms with van der Waals surface area (Å²) < 4.78 is 4.80. The number of carbonyl (C=O) groups excluding carboxylic acids is 2. The van der Waals surface area contributed by atoms with E-state index in [9.17, 15) is 9.59 Å². The third-order valence-electron chi connectivity index (χ3n) is 4.84. The third-order valence-corrected chi connectivity index (χ3v) is 4.84. The van der Waals surface area contributed by atoms with E-state index in [1.54, 1.807) is 0 Å². The van der Waals surface area contributed by atoms with Gasteiger partial charge in [0.2, 0.25) is 5.91 Å². The van der Waals surface area contributed by atoms with Crippen LogP contribution in [0.15, 0.2) is 12.7 Å². The molecule has 0 aromatic carbocycles. The molecule has 4 nitrogen and oxygen atoms in total. The fraction of sp³-hybridized carbons (Fsp3) is 0.826. The topological polar surface area (TPSA) is 55.4 Å². The number of rotatable bonds is 20. The van der Waals surface area contributed by atoms with Gasteiger partial charge >= 0.3 is 5.97 Å². The van der Waals surface area contributed by atoms with Crippen LogP contribution in [0.1, 0.15) is 110 Å². The van der Waals surface area contributed by atoms with Gasteiger partial charge in [-0.3, -0.25) is 4.79 Å². The predicted octanol–water partition coefficient (Wildman–Crippen LogP) is 6.09. The molecule has 158 valence electrons. The molecule has 27 heavy (non-hydrogen) atoms. The Kier molecular flexibility index (Phi) is 20.0. The highest BCUT2D eigenvalue weighted by Gasteiger charge is 2.01. The summed E-state index contributed by atoms with van der Waals surface area (Å²) in [6.45, 7) is 6.16. The maximum absolute atomic E-state index is 11.6. The molecule has 0 heterocycles. The number of unbranched alkanes of at least 4 members (excludes halogenated alkanes) is 14. The summed E-state index contributed by atoms with van der Waals surface area (Å²) in [5, 5.41) is 2.76. The normalized spacial score (nSPS) is 10.6. The third kappa shape index (κ3) is 20.8. The molecule has 0 radical (unpaired) electrons. The van der Waals surface area contributed by atoms with Crippen LogP contribution in [0.2, 0.25) is 0 Å². The summed E-state index contributed by atoms with van der Waals surface area (Å²) in [7, 11) is 0. The van der Waals surface area contributed by atoms with Crippen LogP contribution in [0.4, 0.5) is 0 Å². The molecule has 0 bridgehead atoms. The Balaban J connectivity index is 3.16. The molecule has 0 unspecified atom stereocenters. The quantitative estimate of drug-likeness (QED) is 0.158. The van der Waals surface area contributed by atoms with Crippen LogP contribution in [0.3, 0.4) is 0 Å². The number of carbonyl (C=O) groups is 2. The summed E-state index contributed by atoms with van der Waals surface area (Å²) in [6, 6.07) is 0. The minimum atomic E-state index is -0.452. The van der Waals surface area contributed by atoms with Crippen molar-refractivity contribution < 1.29 is 14.3 Å². The molecule has 0 aliphatic carbocycles. The van der Waals surface area contributed by atoms with Gasteiger partial charge in [0.15, 0.2) is 0 Å². The van der Waals surface area contributed by atoms with Crippen LogP contribution >= 0.6 is 0 Å². The predicted molar refractivity (Wildman–Crippen MR) is 114 cm³/mol. The number of ether oxygens (including phenoxy) is 1. The average molecular weight is 382 g/mol. The van der Waals surface area contributed by atoms with Crippen molar-refractivity contribution in [1.29, 1.82) is 0 Å². The molecule has 0 saturated carbocycles. The first-order valence-corrected chi connectivity index (χ1v) is 11.3. The van der Waals surface area contributed by atoms with Crippen molar-refractivity contribution in [1.82, 2.24) is 5.32 Å². The van der Waals surface area contributed by atoms with Crippen molar-refractivity contribution in [3.63, 3.8) is 0 Å².